The Bertz CT molecular complexity index is 369. The molecular weight excluding hydrogens is 242 g/mol. The summed E-state index contributed by atoms with van der Waals surface area (Å²) in [6.07, 6.45) is 11.9. The molecule has 0 aliphatic heterocycles. The zero-order valence-corrected chi connectivity index (χ0v) is 14.2. The lowest BCUT2D eigenvalue weighted by molar-refractivity contribution is 0.452. The fourth-order valence-electron chi connectivity index (χ4n) is 2.63. The third-order valence-electron chi connectivity index (χ3n) is 3.84. The van der Waals surface area contributed by atoms with Gasteiger partial charge in [0.2, 0.25) is 0 Å². The average Bonchev–Trinajstić information content (AvgIpc) is 2.36. The minimum absolute atomic E-state index is 0.492. The third kappa shape index (κ3) is 6.56. The molecule has 0 aromatic carbocycles. The summed E-state index contributed by atoms with van der Waals surface area (Å²) in [5.41, 5.74) is 2.92. The van der Waals surface area contributed by atoms with E-state index in [1.165, 1.54) is 24.0 Å². The molecule has 0 radical (unpaired) electrons. The smallest absolute Gasteiger partial charge is 0.0258 e. The quantitative estimate of drug-likeness (QED) is 0.636. The molecule has 1 aliphatic rings. The predicted molar refractivity (Wildman–Crippen MR) is 90.8 cm³/mol. The normalized spacial score (nSPS) is 21.6. The van der Waals surface area contributed by atoms with Crippen molar-refractivity contribution < 1.29 is 0 Å². The van der Waals surface area contributed by atoms with Gasteiger partial charge >= 0.3 is 0 Å². The molecule has 3 atom stereocenters. The fourth-order valence-corrected chi connectivity index (χ4v) is 2.63. The SMILES string of the molecule is CC(C)=CC(C[C@H](C)C1=CCC(C)C=C1)NCC(C)C. The zero-order valence-electron chi connectivity index (χ0n) is 14.2. The van der Waals surface area contributed by atoms with Crippen LogP contribution in [0.3, 0.4) is 0 Å². The monoisotopic (exact) mass is 275 g/mol. The van der Waals surface area contributed by atoms with Crippen molar-refractivity contribution in [3.8, 4) is 0 Å². The minimum Gasteiger partial charge on any atom is -0.310 e. The third-order valence-corrected chi connectivity index (χ3v) is 3.84. The first-order valence-electron chi connectivity index (χ1n) is 8.15. The first kappa shape index (κ1) is 17.2. The van der Waals surface area contributed by atoms with E-state index in [9.17, 15) is 0 Å². The van der Waals surface area contributed by atoms with Crippen molar-refractivity contribution in [1.29, 1.82) is 0 Å². The predicted octanol–water partition coefficient (Wildman–Crippen LogP) is 5.12. The van der Waals surface area contributed by atoms with Crippen molar-refractivity contribution in [3.05, 3.63) is 35.5 Å². The van der Waals surface area contributed by atoms with Crippen molar-refractivity contribution in [2.24, 2.45) is 17.8 Å². The molecule has 1 aliphatic carbocycles. The van der Waals surface area contributed by atoms with Gasteiger partial charge < -0.3 is 5.32 Å². The number of hydrogen-bond donors (Lipinski definition) is 1. The molecule has 1 nitrogen and oxygen atoms in total. The van der Waals surface area contributed by atoms with Crippen LogP contribution in [0.4, 0.5) is 0 Å². The molecule has 1 N–H and O–H groups in total. The van der Waals surface area contributed by atoms with E-state index in [4.69, 9.17) is 0 Å². The maximum Gasteiger partial charge on any atom is 0.0258 e. The van der Waals surface area contributed by atoms with Gasteiger partial charge in [0.05, 0.1) is 0 Å². The van der Waals surface area contributed by atoms with Gasteiger partial charge in [-0.3, -0.25) is 0 Å². The second kappa shape index (κ2) is 8.46. The van der Waals surface area contributed by atoms with Gasteiger partial charge in [-0.05, 0) is 56.6 Å². The van der Waals surface area contributed by atoms with E-state index in [0.29, 0.717) is 23.8 Å². The van der Waals surface area contributed by atoms with Gasteiger partial charge in [0, 0.05) is 6.04 Å². The fraction of sp³-hybridized carbons (Fsp3) is 0.684. The summed E-state index contributed by atoms with van der Waals surface area (Å²) in [7, 11) is 0. The van der Waals surface area contributed by atoms with Crippen molar-refractivity contribution in [2.45, 2.75) is 60.4 Å². The molecule has 0 aromatic rings. The lowest BCUT2D eigenvalue weighted by Crippen LogP contribution is -2.32. The molecule has 0 heterocycles. The number of nitrogens with one attached hydrogen (secondary N) is 1. The molecule has 114 valence electrons. The van der Waals surface area contributed by atoms with Crippen molar-refractivity contribution >= 4 is 0 Å². The molecule has 2 unspecified atom stereocenters. The molecule has 0 saturated carbocycles. The van der Waals surface area contributed by atoms with Crippen LogP contribution in [-0.2, 0) is 0 Å². The Morgan fingerprint density at radius 1 is 1.35 bits per heavy atom. The number of allylic oxidation sites excluding steroid dienone is 5. The highest BCUT2D eigenvalue weighted by molar-refractivity contribution is 5.26. The first-order chi connectivity index (χ1) is 9.38. The maximum atomic E-state index is 3.70. The Morgan fingerprint density at radius 3 is 2.55 bits per heavy atom. The minimum atomic E-state index is 0.492. The Balaban J connectivity index is 2.60. The molecular formula is C19H33N. The van der Waals surface area contributed by atoms with Crippen LogP contribution in [0.25, 0.3) is 0 Å². The van der Waals surface area contributed by atoms with Gasteiger partial charge in [-0.25, -0.2) is 0 Å². The van der Waals surface area contributed by atoms with Crippen LogP contribution >= 0.6 is 0 Å². The molecule has 0 saturated heterocycles. The van der Waals surface area contributed by atoms with Gasteiger partial charge in [0.1, 0.15) is 0 Å². The molecule has 20 heavy (non-hydrogen) atoms. The topological polar surface area (TPSA) is 12.0 Å². The highest BCUT2D eigenvalue weighted by Crippen LogP contribution is 2.25. The standard InChI is InChI=1S/C19H33N/c1-14(2)11-19(20-13-15(3)4)12-17(6)18-9-7-16(5)8-10-18/h7,9-11,15-17,19-20H,8,12-13H2,1-6H3/t16?,17-,19?/m0/s1. The van der Waals surface area contributed by atoms with E-state index in [0.717, 1.165) is 6.54 Å². The summed E-state index contributed by atoms with van der Waals surface area (Å²) in [6, 6.07) is 0.492. The molecule has 0 amide bonds. The Kier molecular flexibility index (Phi) is 7.29. The van der Waals surface area contributed by atoms with Crippen LogP contribution in [-0.4, -0.2) is 12.6 Å². The Morgan fingerprint density at radius 2 is 2.05 bits per heavy atom. The Labute approximate surface area is 126 Å². The van der Waals surface area contributed by atoms with Crippen molar-refractivity contribution in [2.75, 3.05) is 6.54 Å². The molecule has 0 aromatic heterocycles. The van der Waals surface area contributed by atoms with E-state index in [1.807, 2.05) is 0 Å². The van der Waals surface area contributed by atoms with Gasteiger partial charge in [0.25, 0.3) is 0 Å². The van der Waals surface area contributed by atoms with Gasteiger partial charge in [0.15, 0.2) is 0 Å². The number of hydrogen-bond acceptors (Lipinski definition) is 1. The molecule has 0 bridgehead atoms. The largest absolute Gasteiger partial charge is 0.310 e. The van der Waals surface area contributed by atoms with Gasteiger partial charge in [-0.2, -0.15) is 0 Å². The Hall–Kier alpha value is -0.820. The first-order valence-corrected chi connectivity index (χ1v) is 8.15. The van der Waals surface area contributed by atoms with Gasteiger partial charge in [-0.1, -0.05) is 57.6 Å². The average molecular weight is 275 g/mol. The van der Waals surface area contributed by atoms with Crippen molar-refractivity contribution in [1.82, 2.24) is 5.32 Å². The van der Waals surface area contributed by atoms with E-state index in [1.54, 1.807) is 0 Å². The van der Waals surface area contributed by atoms with E-state index in [-0.39, 0.29) is 0 Å². The van der Waals surface area contributed by atoms with E-state index < -0.39 is 0 Å². The van der Waals surface area contributed by atoms with E-state index >= 15 is 0 Å². The maximum absolute atomic E-state index is 3.70. The second-order valence-electron chi connectivity index (χ2n) is 7.07. The van der Waals surface area contributed by atoms with Crippen LogP contribution < -0.4 is 5.32 Å². The molecule has 1 heteroatoms. The summed E-state index contributed by atoms with van der Waals surface area (Å²) in [4.78, 5) is 0. The highest BCUT2D eigenvalue weighted by atomic mass is 14.9. The molecule has 0 spiro atoms. The van der Waals surface area contributed by atoms with Gasteiger partial charge in [-0.15, -0.1) is 0 Å². The molecule has 0 fully saturated rings. The van der Waals surface area contributed by atoms with Crippen LogP contribution in [0.15, 0.2) is 35.5 Å². The van der Waals surface area contributed by atoms with Crippen LogP contribution in [0.1, 0.15) is 54.4 Å². The van der Waals surface area contributed by atoms with E-state index in [2.05, 4.69) is 71.2 Å². The van der Waals surface area contributed by atoms with Crippen LogP contribution in [0.2, 0.25) is 0 Å². The van der Waals surface area contributed by atoms with Crippen LogP contribution in [0.5, 0.6) is 0 Å². The van der Waals surface area contributed by atoms with Crippen molar-refractivity contribution in [3.63, 3.8) is 0 Å². The second-order valence-corrected chi connectivity index (χ2v) is 7.07. The summed E-state index contributed by atoms with van der Waals surface area (Å²) in [5.74, 6) is 2.03. The zero-order chi connectivity index (χ0) is 15.1. The van der Waals surface area contributed by atoms with Crippen LogP contribution in [0, 0.1) is 17.8 Å². The summed E-state index contributed by atoms with van der Waals surface area (Å²) in [6.45, 7) is 14.6. The summed E-state index contributed by atoms with van der Waals surface area (Å²) < 4.78 is 0. The lowest BCUT2D eigenvalue weighted by Gasteiger charge is -2.24. The summed E-state index contributed by atoms with van der Waals surface area (Å²) >= 11 is 0. The summed E-state index contributed by atoms with van der Waals surface area (Å²) in [5, 5.41) is 3.70. The number of rotatable bonds is 7. The lowest BCUT2D eigenvalue weighted by atomic mass is 9.87. The molecule has 1 rings (SSSR count). The highest BCUT2D eigenvalue weighted by Gasteiger charge is 2.15.